The van der Waals surface area contributed by atoms with Crippen molar-refractivity contribution in [3.8, 4) is 0 Å². The van der Waals surface area contributed by atoms with E-state index in [0.717, 1.165) is 22.5 Å². The van der Waals surface area contributed by atoms with Crippen LogP contribution < -0.4 is 5.32 Å². The Labute approximate surface area is 132 Å². The van der Waals surface area contributed by atoms with Crippen LogP contribution in [0.3, 0.4) is 0 Å². The number of aromatic nitrogens is 2. The van der Waals surface area contributed by atoms with Crippen LogP contribution in [0.1, 0.15) is 35.7 Å². The van der Waals surface area contributed by atoms with Gasteiger partial charge in [-0.1, -0.05) is 33.6 Å². The molecule has 2 aromatic rings. The molecule has 1 aliphatic carbocycles. The Kier molecular flexibility index (Phi) is 4.15. The van der Waals surface area contributed by atoms with Gasteiger partial charge in [-0.2, -0.15) is 5.10 Å². The summed E-state index contributed by atoms with van der Waals surface area (Å²) in [5, 5.41) is 8.78. The SMILES string of the molecule is Cn1ncc2c1CCCC2NCc1ccc(Cl)cc1Br. The van der Waals surface area contributed by atoms with Gasteiger partial charge >= 0.3 is 0 Å². The molecule has 1 aliphatic rings. The second-order valence-electron chi connectivity index (χ2n) is 5.23. The number of benzene rings is 1. The fourth-order valence-corrected chi connectivity index (χ4v) is 3.64. The molecular weight excluding hydrogens is 338 g/mol. The predicted molar refractivity (Wildman–Crippen MR) is 84.9 cm³/mol. The van der Waals surface area contributed by atoms with Gasteiger partial charge in [-0.15, -0.1) is 0 Å². The summed E-state index contributed by atoms with van der Waals surface area (Å²) in [5.74, 6) is 0. The number of fused-ring (bicyclic) bond motifs is 1. The summed E-state index contributed by atoms with van der Waals surface area (Å²) in [6.07, 6.45) is 5.52. The van der Waals surface area contributed by atoms with Crippen molar-refractivity contribution in [3.63, 3.8) is 0 Å². The molecule has 5 heteroatoms. The highest BCUT2D eigenvalue weighted by Gasteiger charge is 2.22. The fraction of sp³-hybridized carbons (Fsp3) is 0.400. The molecule has 20 heavy (non-hydrogen) atoms. The number of halogens is 2. The molecule has 0 spiro atoms. The normalized spacial score (nSPS) is 18.1. The van der Waals surface area contributed by atoms with E-state index in [2.05, 4.69) is 32.4 Å². The maximum absolute atomic E-state index is 5.97. The van der Waals surface area contributed by atoms with Gasteiger partial charge in [0, 0.05) is 40.4 Å². The highest BCUT2D eigenvalue weighted by molar-refractivity contribution is 9.10. The summed E-state index contributed by atoms with van der Waals surface area (Å²) < 4.78 is 3.06. The van der Waals surface area contributed by atoms with Crippen molar-refractivity contribution < 1.29 is 0 Å². The quantitative estimate of drug-likeness (QED) is 0.903. The van der Waals surface area contributed by atoms with Crippen molar-refractivity contribution in [2.24, 2.45) is 7.05 Å². The molecule has 3 nitrogen and oxygen atoms in total. The maximum Gasteiger partial charge on any atom is 0.0540 e. The molecule has 1 atom stereocenters. The summed E-state index contributed by atoms with van der Waals surface area (Å²) in [4.78, 5) is 0. The van der Waals surface area contributed by atoms with Gasteiger partial charge in [-0.25, -0.2) is 0 Å². The smallest absolute Gasteiger partial charge is 0.0540 e. The zero-order chi connectivity index (χ0) is 14.1. The third-order valence-electron chi connectivity index (χ3n) is 3.93. The van der Waals surface area contributed by atoms with Crippen molar-refractivity contribution in [3.05, 3.63) is 50.7 Å². The van der Waals surface area contributed by atoms with Crippen LogP contribution in [0, 0.1) is 0 Å². The lowest BCUT2D eigenvalue weighted by atomic mass is 9.93. The molecule has 1 aromatic carbocycles. The highest BCUT2D eigenvalue weighted by Crippen LogP contribution is 2.30. The summed E-state index contributed by atoms with van der Waals surface area (Å²) in [7, 11) is 2.02. The summed E-state index contributed by atoms with van der Waals surface area (Å²) in [5.41, 5.74) is 3.94. The van der Waals surface area contributed by atoms with Gasteiger partial charge < -0.3 is 5.32 Å². The second-order valence-corrected chi connectivity index (χ2v) is 6.52. The van der Waals surface area contributed by atoms with Gasteiger partial charge in [0.25, 0.3) is 0 Å². The van der Waals surface area contributed by atoms with Crippen LogP contribution in [-0.4, -0.2) is 9.78 Å². The first kappa shape index (κ1) is 14.1. The Balaban J connectivity index is 1.73. The van der Waals surface area contributed by atoms with Gasteiger partial charge in [0.05, 0.1) is 6.20 Å². The van der Waals surface area contributed by atoms with Crippen LogP contribution >= 0.6 is 27.5 Å². The largest absolute Gasteiger partial charge is 0.306 e. The highest BCUT2D eigenvalue weighted by atomic mass is 79.9. The Bertz CT molecular complexity index is 624. The van der Waals surface area contributed by atoms with E-state index >= 15 is 0 Å². The number of nitrogens with zero attached hydrogens (tertiary/aromatic N) is 2. The number of rotatable bonds is 3. The molecule has 1 heterocycles. The maximum atomic E-state index is 5.97. The zero-order valence-corrected chi connectivity index (χ0v) is 13.7. The number of aryl methyl sites for hydroxylation is 1. The minimum atomic E-state index is 0.398. The molecule has 1 unspecified atom stereocenters. The number of nitrogens with one attached hydrogen (secondary N) is 1. The fourth-order valence-electron chi connectivity index (χ4n) is 2.82. The Morgan fingerprint density at radius 1 is 1.50 bits per heavy atom. The van der Waals surface area contributed by atoms with E-state index in [-0.39, 0.29) is 0 Å². The number of hydrogen-bond acceptors (Lipinski definition) is 2. The molecule has 0 saturated heterocycles. The van der Waals surface area contributed by atoms with E-state index in [0.29, 0.717) is 6.04 Å². The molecule has 0 bridgehead atoms. The van der Waals surface area contributed by atoms with E-state index in [4.69, 9.17) is 11.6 Å². The molecule has 0 fully saturated rings. The van der Waals surface area contributed by atoms with E-state index in [9.17, 15) is 0 Å². The molecule has 106 valence electrons. The first-order chi connectivity index (χ1) is 9.65. The lowest BCUT2D eigenvalue weighted by Gasteiger charge is -2.24. The van der Waals surface area contributed by atoms with E-state index in [1.807, 2.05) is 30.1 Å². The van der Waals surface area contributed by atoms with Crippen LogP contribution in [0.15, 0.2) is 28.9 Å². The van der Waals surface area contributed by atoms with Gasteiger partial charge in [0.1, 0.15) is 0 Å². The summed E-state index contributed by atoms with van der Waals surface area (Å²) in [6.45, 7) is 0.830. The number of hydrogen-bond donors (Lipinski definition) is 1. The Hall–Kier alpha value is -0.840. The third kappa shape index (κ3) is 2.78. The topological polar surface area (TPSA) is 29.9 Å². The lowest BCUT2D eigenvalue weighted by Crippen LogP contribution is -2.25. The average molecular weight is 355 g/mol. The lowest BCUT2D eigenvalue weighted by molar-refractivity contribution is 0.451. The van der Waals surface area contributed by atoms with Gasteiger partial charge in [0.2, 0.25) is 0 Å². The van der Waals surface area contributed by atoms with Crippen LogP contribution in [0.2, 0.25) is 5.02 Å². The summed E-state index contributed by atoms with van der Waals surface area (Å²) in [6, 6.07) is 6.33. The van der Waals surface area contributed by atoms with Gasteiger partial charge in [0.15, 0.2) is 0 Å². The zero-order valence-electron chi connectivity index (χ0n) is 11.4. The average Bonchev–Trinajstić information content (AvgIpc) is 2.80. The molecule has 0 amide bonds. The molecule has 3 rings (SSSR count). The summed E-state index contributed by atoms with van der Waals surface area (Å²) >= 11 is 9.54. The van der Waals surface area contributed by atoms with E-state index < -0.39 is 0 Å². The van der Waals surface area contributed by atoms with Crippen LogP contribution in [0.5, 0.6) is 0 Å². The van der Waals surface area contributed by atoms with Crippen molar-refractivity contribution in [1.82, 2.24) is 15.1 Å². The molecule has 0 saturated carbocycles. The minimum absolute atomic E-state index is 0.398. The molecule has 0 aliphatic heterocycles. The van der Waals surface area contributed by atoms with Gasteiger partial charge in [-0.3, -0.25) is 4.68 Å². The second kappa shape index (κ2) is 5.88. The van der Waals surface area contributed by atoms with Crippen molar-refractivity contribution >= 4 is 27.5 Å². The monoisotopic (exact) mass is 353 g/mol. The van der Waals surface area contributed by atoms with Crippen LogP contribution in [-0.2, 0) is 20.0 Å². The van der Waals surface area contributed by atoms with E-state index in [1.165, 1.54) is 29.7 Å². The van der Waals surface area contributed by atoms with Crippen LogP contribution in [0.25, 0.3) is 0 Å². The van der Waals surface area contributed by atoms with Crippen molar-refractivity contribution in [2.75, 3.05) is 0 Å². The van der Waals surface area contributed by atoms with Crippen LogP contribution in [0.4, 0.5) is 0 Å². The standard InChI is InChI=1S/C15H17BrClN3/c1-20-15-4-2-3-14(12(15)9-19-20)18-8-10-5-6-11(17)7-13(10)16/h5-7,9,14,18H,2-4,8H2,1H3. The van der Waals surface area contributed by atoms with Crippen molar-refractivity contribution in [2.45, 2.75) is 31.8 Å². The third-order valence-corrected chi connectivity index (χ3v) is 4.90. The predicted octanol–water partition coefficient (Wildman–Crippen LogP) is 4.00. The Morgan fingerprint density at radius 3 is 3.15 bits per heavy atom. The molecule has 1 aromatic heterocycles. The Morgan fingerprint density at radius 2 is 2.35 bits per heavy atom. The first-order valence-corrected chi connectivity index (χ1v) is 8.00. The van der Waals surface area contributed by atoms with E-state index in [1.54, 1.807) is 0 Å². The van der Waals surface area contributed by atoms with Gasteiger partial charge in [-0.05, 0) is 37.0 Å². The van der Waals surface area contributed by atoms with Crippen molar-refractivity contribution in [1.29, 1.82) is 0 Å². The molecule has 0 radical (unpaired) electrons. The molecule has 1 N–H and O–H groups in total. The molecular formula is C15H17BrClN3. The minimum Gasteiger partial charge on any atom is -0.306 e. The first-order valence-electron chi connectivity index (χ1n) is 6.83.